The van der Waals surface area contributed by atoms with E-state index in [0.717, 1.165) is 0 Å². The lowest BCUT2D eigenvalue weighted by atomic mass is 9.93. The lowest BCUT2D eigenvalue weighted by molar-refractivity contribution is -0.148. The summed E-state index contributed by atoms with van der Waals surface area (Å²) >= 11 is 0. The number of nitrogens with zero attached hydrogens (tertiary/aromatic N) is 3. The summed E-state index contributed by atoms with van der Waals surface area (Å²) in [6.07, 6.45) is 0.188. The fourth-order valence-corrected chi connectivity index (χ4v) is 1.60. The molecule has 1 aromatic heterocycles. The second-order valence-corrected chi connectivity index (χ2v) is 5.49. The molecule has 0 atom stereocenters. The van der Waals surface area contributed by atoms with Crippen molar-refractivity contribution in [3.8, 4) is 0 Å². The second kappa shape index (κ2) is 4.79. The number of rotatable bonds is 2. The Morgan fingerprint density at radius 3 is 2.68 bits per heavy atom. The zero-order valence-electron chi connectivity index (χ0n) is 11.1. The Hall–Kier alpha value is -2.24. The average molecular weight is 261 g/mol. The number of benzene rings is 1. The number of carbonyl (C=O) groups is 1. The molecule has 0 spiro atoms. The minimum atomic E-state index is -0.515. The highest BCUT2D eigenvalue weighted by Crippen LogP contribution is 2.18. The SMILES string of the molecule is CC(C)(C)CC(=O)On1nnc2ccccc2c1=O. The fraction of sp³-hybridized carbons (Fsp3) is 0.385. The Labute approximate surface area is 109 Å². The molecule has 100 valence electrons. The van der Waals surface area contributed by atoms with Crippen LogP contribution in [0.25, 0.3) is 10.9 Å². The van der Waals surface area contributed by atoms with Crippen molar-refractivity contribution in [3.05, 3.63) is 34.6 Å². The molecule has 0 bridgehead atoms. The molecule has 19 heavy (non-hydrogen) atoms. The van der Waals surface area contributed by atoms with Crippen LogP contribution in [0.4, 0.5) is 0 Å². The van der Waals surface area contributed by atoms with Crippen molar-refractivity contribution in [2.45, 2.75) is 27.2 Å². The summed E-state index contributed by atoms with van der Waals surface area (Å²) in [6, 6.07) is 6.75. The van der Waals surface area contributed by atoms with Gasteiger partial charge >= 0.3 is 11.5 Å². The van der Waals surface area contributed by atoms with E-state index in [4.69, 9.17) is 4.84 Å². The summed E-state index contributed by atoms with van der Waals surface area (Å²) in [6.45, 7) is 5.72. The Morgan fingerprint density at radius 2 is 2.00 bits per heavy atom. The van der Waals surface area contributed by atoms with E-state index in [1.165, 1.54) is 0 Å². The van der Waals surface area contributed by atoms with E-state index in [0.29, 0.717) is 15.7 Å². The first-order chi connectivity index (χ1) is 8.87. The van der Waals surface area contributed by atoms with Gasteiger partial charge in [-0.1, -0.05) is 32.9 Å². The van der Waals surface area contributed by atoms with Gasteiger partial charge in [0.1, 0.15) is 5.52 Å². The lowest BCUT2D eigenvalue weighted by Crippen LogP contribution is -2.35. The summed E-state index contributed by atoms with van der Waals surface area (Å²) in [5.41, 5.74) is -0.242. The normalized spacial score (nSPS) is 11.5. The smallest absolute Gasteiger partial charge is 0.314 e. The first kappa shape index (κ1) is 13.2. The zero-order chi connectivity index (χ0) is 14.0. The monoisotopic (exact) mass is 261 g/mol. The van der Waals surface area contributed by atoms with Crippen LogP contribution in [0.1, 0.15) is 27.2 Å². The maximum atomic E-state index is 12.0. The van der Waals surface area contributed by atoms with Gasteiger partial charge in [-0.3, -0.25) is 4.79 Å². The summed E-state index contributed by atoms with van der Waals surface area (Å²) in [5, 5.41) is 7.78. The van der Waals surface area contributed by atoms with Gasteiger partial charge in [-0.05, 0) is 27.6 Å². The second-order valence-electron chi connectivity index (χ2n) is 5.49. The maximum absolute atomic E-state index is 12.0. The molecule has 0 saturated heterocycles. The third-order valence-electron chi connectivity index (χ3n) is 2.40. The molecule has 0 aliphatic rings. The van der Waals surface area contributed by atoms with Crippen LogP contribution in [-0.4, -0.2) is 21.1 Å². The van der Waals surface area contributed by atoms with Gasteiger partial charge in [0.2, 0.25) is 0 Å². The predicted octanol–water partition coefficient (Wildman–Crippen LogP) is 1.18. The largest absolute Gasteiger partial charge is 0.335 e. The first-order valence-corrected chi connectivity index (χ1v) is 5.93. The molecule has 0 amide bonds. The lowest BCUT2D eigenvalue weighted by Gasteiger charge is -2.15. The summed E-state index contributed by atoms with van der Waals surface area (Å²) in [7, 11) is 0. The van der Waals surface area contributed by atoms with Crippen LogP contribution < -0.4 is 10.4 Å². The van der Waals surface area contributed by atoms with Crippen molar-refractivity contribution in [2.24, 2.45) is 5.41 Å². The molecule has 0 aliphatic heterocycles. The Kier molecular flexibility index (Phi) is 3.33. The number of fused-ring (bicyclic) bond motifs is 1. The highest BCUT2D eigenvalue weighted by Gasteiger charge is 2.19. The maximum Gasteiger partial charge on any atom is 0.335 e. The standard InChI is InChI=1S/C13H15N3O3/c1-13(2,3)8-11(17)19-16-12(18)9-6-4-5-7-10(9)14-15-16/h4-7H,8H2,1-3H3. The molecule has 1 aromatic carbocycles. The summed E-state index contributed by atoms with van der Waals surface area (Å²) < 4.78 is 0. The van der Waals surface area contributed by atoms with Gasteiger partial charge in [0, 0.05) is 0 Å². The molecule has 0 N–H and O–H groups in total. The minimum Gasteiger partial charge on any atom is -0.314 e. The van der Waals surface area contributed by atoms with Crippen molar-refractivity contribution in [1.29, 1.82) is 0 Å². The molecule has 6 heteroatoms. The van der Waals surface area contributed by atoms with E-state index in [-0.39, 0.29) is 11.8 Å². The van der Waals surface area contributed by atoms with Gasteiger partial charge in [-0.15, -0.1) is 5.10 Å². The van der Waals surface area contributed by atoms with Crippen LogP contribution in [0.15, 0.2) is 29.1 Å². The van der Waals surface area contributed by atoms with E-state index >= 15 is 0 Å². The molecule has 0 radical (unpaired) electrons. The van der Waals surface area contributed by atoms with Crippen molar-refractivity contribution < 1.29 is 9.63 Å². The third-order valence-corrected chi connectivity index (χ3v) is 2.40. The van der Waals surface area contributed by atoms with E-state index < -0.39 is 11.5 Å². The van der Waals surface area contributed by atoms with Gasteiger partial charge in [-0.25, -0.2) is 4.79 Å². The molecule has 0 unspecified atom stereocenters. The summed E-state index contributed by atoms with van der Waals surface area (Å²) in [4.78, 5) is 29.2. The van der Waals surface area contributed by atoms with E-state index in [1.807, 2.05) is 20.8 Å². The van der Waals surface area contributed by atoms with Crippen LogP contribution in [0, 0.1) is 5.41 Å². The van der Waals surface area contributed by atoms with Crippen LogP contribution in [-0.2, 0) is 4.79 Å². The van der Waals surface area contributed by atoms with Crippen LogP contribution in [0.5, 0.6) is 0 Å². The van der Waals surface area contributed by atoms with E-state index in [9.17, 15) is 9.59 Å². The Bertz CT molecular complexity index is 671. The van der Waals surface area contributed by atoms with Gasteiger partial charge in [0.15, 0.2) is 0 Å². The van der Waals surface area contributed by atoms with Gasteiger partial charge in [-0.2, -0.15) is 0 Å². The molecule has 0 saturated carbocycles. The molecule has 0 fully saturated rings. The Balaban J connectivity index is 2.29. The van der Waals surface area contributed by atoms with Gasteiger partial charge in [0.05, 0.1) is 11.8 Å². The number of hydrogen-bond donors (Lipinski definition) is 0. The van der Waals surface area contributed by atoms with Gasteiger partial charge < -0.3 is 4.84 Å². The number of aromatic nitrogens is 3. The van der Waals surface area contributed by atoms with Crippen LogP contribution >= 0.6 is 0 Å². The predicted molar refractivity (Wildman–Crippen MR) is 69.5 cm³/mol. The van der Waals surface area contributed by atoms with Crippen molar-refractivity contribution in [2.75, 3.05) is 0 Å². The van der Waals surface area contributed by atoms with E-state index in [1.54, 1.807) is 24.3 Å². The van der Waals surface area contributed by atoms with Crippen molar-refractivity contribution in [1.82, 2.24) is 15.2 Å². The highest BCUT2D eigenvalue weighted by atomic mass is 16.7. The summed E-state index contributed by atoms with van der Waals surface area (Å²) in [5.74, 6) is -0.515. The average Bonchev–Trinajstić information content (AvgIpc) is 2.31. The molecular formula is C13H15N3O3. The molecule has 2 rings (SSSR count). The number of hydrogen-bond acceptors (Lipinski definition) is 5. The van der Waals surface area contributed by atoms with Crippen LogP contribution in [0.2, 0.25) is 0 Å². The highest BCUT2D eigenvalue weighted by molar-refractivity contribution is 5.76. The molecular weight excluding hydrogens is 246 g/mol. The van der Waals surface area contributed by atoms with E-state index in [2.05, 4.69) is 10.3 Å². The molecule has 0 aliphatic carbocycles. The minimum absolute atomic E-state index is 0.188. The van der Waals surface area contributed by atoms with Crippen molar-refractivity contribution in [3.63, 3.8) is 0 Å². The number of carbonyl (C=O) groups excluding carboxylic acids is 1. The van der Waals surface area contributed by atoms with Crippen molar-refractivity contribution >= 4 is 16.9 Å². The van der Waals surface area contributed by atoms with Crippen LogP contribution in [0.3, 0.4) is 0 Å². The third kappa shape index (κ3) is 3.15. The molecule has 6 nitrogen and oxygen atoms in total. The zero-order valence-corrected chi connectivity index (χ0v) is 11.1. The fourth-order valence-electron chi connectivity index (χ4n) is 1.60. The van der Waals surface area contributed by atoms with Gasteiger partial charge in [0.25, 0.3) is 0 Å². The quantitative estimate of drug-likeness (QED) is 0.759. The topological polar surface area (TPSA) is 74.1 Å². The molecule has 1 heterocycles. The Morgan fingerprint density at radius 1 is 1.32 bits per heavy atom. The molecule has 2 aromatic rings. The first-order valence-electron chi connectivity index (χ1n) is 5.93.